The van der Waals surface area contributed by atoms with Gasteiger partial charge in [0.25, 0.3) is 0 Å². The Morgan fingerprint density at radius 2 is 1.83 bits per heavy atom. The molecule has 5 nitrogen and oxygen atoms in total. The smallest absolute Gasteiger partial charge is 0.336 e. The lowest BCUT2D eigenvalue weighted by molar-refractivity contribution is 0.0697. The van der Waals surface area contributed by atoms with E-state index in [1.54, 1.807) is 12.1 Å². The molecule has 0 spiro atoms. The van der Waals surface area contributed by atoms with Crippen LogP contribution in [-0.2, 0) is 6.54 Å². The highest BCUT2D eigenvalue weighted by Crippen LogP contribution is 2.41. The molecule has 2 aromatic rings. The van der Waals surface area contributed by atoms with Gasteiger partial charge in [0.2, 0.25) is 5.36 Å². The number of nitrogens with one attached hydrogen (secondary N) is 1. The highest BCUT2D eigenvalue weighted by molar-refractivity contribution is 6.07. The molecule has 2 aromatic carbocycles. The molecule has 0 radical (unpaired) electrons. The second-order valence-corrected chi connectivity index (χ2v) is 7.26. The summed E-state index contributed by atoms with van der Waals surface area (Å²) in [5.41, 5.74) is 4.56. The Bertz CT molecular complexity index is 1270. The first-order chi connectivity index (χ1) is 14.0. The van der Waals surface area contributed by atoms with Crippen molar-refractivity contribution in [3.8, 4) is 22.5 Å². The predicted octanol–water partition coefficient (Wildman–Crippen LogP) is 3.65. The number of hydrogen-bond donors (Lipinski definition) is 2. The number of carbonyl (C=O) groups is 1. The van der Waals surface area contributed by atoms with Gasteiger partial charge in [0, 0.05) is 29.1 Å². The van der Waals surface area contributed by atoms with E-state index in [4.69, 9.17) is 4.42 Å². The normalized spacial score (nSPS) is 11.1. The first-order valence-electron chi connectivity index (χ1n) is 9.46. The summed E-state index contributed by atoms with van der Waals surface area (Å²) in [4.78, 5) is 11.9. The molecule has 0 fully saturated rings. The largest absolute Gasteiger partial charge is 0.478 e. The summed E-state index contributed by atoms with van der Waals surface area (Å²) in [6.07, 6.45) is 0. The van der Waals surface area contributed by atoms with E-state index in [1.165, 1.54) is 0 Å². The average molecular weight is 387 g/mol. The minimum absolute atomic E-state index is 0.275. The van der Waals surface area contributed by atoms with E-state index in [0.717, 1.165) is 45.3 Å². The molecule has 0 unspecified atom stereocenters. The van der Waals surface area contributed by atoms with Gasteiger partial charge < -0.3 is 14.8 Å². The first kappa shape index (κ1) is 18.9. The highest BCUT2D eigenvalue weighted by Gasteiger charge is 2.21. The summed E-state index contributed by atoms with van der Waals surface area (Å²) in [5.74, 6) is -0.222. The van der Waals surface area contributed by atoms with Crippen molar-refractivity contribution in [3.63, 3.8) is 0 Å². The van der Waals surface area contributed by atoms with Crippen molar-refractivity contribution in [1.82, 2.24) is 9.89 Å². The van der Waals surface area contributed by atoms with Gasteiger partial charge in [-0.1, -0.05) is 30.3 Å². The minimum Gasteiger partial charge on any atom is -0.478 e. The highest BCUT2D eigenvalue weighted by atomic mass is 16.4. The van der Waals surface area contributed by atoms with Crippen molar-refractivity contribution in [3.05, 3.63) is 77.1 Å². The summed E-state index contributed by atoms with van der Waals surface area (Å²) in [5, 5.41) is 14.8. The van der Waals surface area contributed by atoms with Crippen LogP contribution in [0.2, 0.25) is 0 Å². The first-order valence-corrected chi connectivity index (χ1v) is 9.46. The Morgan fingerprint density at radius 1 is 1.03 bits per heavy atom. The molecule has 146 valence electrons. The molecule has 1 aliphatic carbocycles. The molecule has 0 atom stereocenters. The number of aromatic carboxylic acids is 1. The Labute approximate surface area is 168 Å². The predicted molar refractivity (Wildman–Crippen MR) is 115 cm³/mol. The zero-order chi connectivity index (χ0) is 20.5. The summed E-state index contributed by atoms with van der Waals surface area (Å²) in [6, 6.07) is 19.2. The fourth-order valence-electron chi connectivity index (χ4n) is 3.69. The van der Waals surface area contributed by atoms with E-state index in [-0.39, 0.29) is 5.56 Å². The molecule has 0 amide bonds. The van der Waals surface area contributed by atoms with Crippen LogP contribution >= 0.6 is 0 Å². The number of carboxylic acid groups (broad SMARTS) is 1. The third kappa shape index (κ3) is 3.41. The lowest BCUT2D eigenvalue weighted by Crippen LogP contribution is -2.21. The maximum absolute atomic E-state index is 11.9. The molecule has 4 rings (SSSR count). The van der Waals surface area contributed by atoms with Crippen LogP contribution in [0.4, 0.5) is 0 Å². The molecule has 0 bridgehead atoms. The fraction of sp³-hybridized carbons (Fsp3) is 0.167. The number of fused-ring (bicyclic) bond motifs is 2. The van der Waals surface area contributed by atoms with Crippen LogP contribution in [0, 0.1) is 0 Å². The summed E-state index contributed by atoms with van der Waals surface area (Å²) in [6.45, 7) is 0.724. The van der Waals surface area contributed by atoms with Gasteiger partial charge in [-0.25, -0.2) is 9.37 Å². The summed E-state index contributed by atoms with van der Waals surface area (Å²) >= 11 is 0. The molecule has 5 heteroatoms. The van der Waals surface area contributed by atoms with Gasteiger partial charge in [-0.3, -0.25) is 0 Å². The Morgan fingerprint density at radius 3 is 2.55 bits per heavy atom. The van der Waals surface area contributed by atoms with E-state index >= 15 is 0 Å². The molecule has 0 aromatic heterocycles. The molecule has 2 aliphatic rings. The van der Waals surface area contributed by atoms with Crippen LogP contribution in [0.3, 0.4) is 0 Å². The second kappa shape index (κ2) is 7.53. The van der Waals surface area contributed by atoms with Crippen LogP contribution in [0.25, 0.3) is 33.4 Å². The SMILES string of the molecule is CNCc1ccc2c(-c3ccccc3C(=O)O)c3ccc(=[N+](C)C)cc-3oc2c1. The maximum atomic E-state index is 11.9. The molecule has 0 saturated heterocycles. The van der Waals surface area contributed by atoms with Crippen molar-refractivity contribution in [2.45, 2.75) is 6.54 Å². The van der Waals surface area contributed by atoms with Crippen molar-refractivity contribution in [1.29, 1.82) is 0 Å². The third-order valence-electron chi connectivity index (χ3n) is 5.09. The quantitative estimate of drug-likeness (QED) is 0.414. The van der Waals surface area contributed by atoms with Gasteiger partial charge in [-0.2, -0.15) is 0 Å². The number of carboxylic acids is 1. The topological polar surface area (TPSA) is 65.5 Å². The van der Waals surface area contributed by atoms with E-state index in [1.807, 2.05) is 74.2 Å². The standard InChI is InChI=1S/C24H22N2O3/c1-25-14-15-8-10-19-21(12-15)29-22-13-16(26(2)3)9-11-20(22)23(19)17-6-4-5-7-18(17)24(27)28/h4-13,25H,14H2,1-3H3/p+1. The van der Waals surface area contributed by atoms with Gasteiger partial charge in [0.15, 0.2) is 0 Å². The number of hydrogen-bond acceptors (Lipinski definition) is 3. The van der Waals surface area contributed by atoms with Crippen LogP contribution in [0.15, 0.2) is 65.1 Å². The van der Waals surface area contributed by atoms with Gasteiger partial charge in [0.1, 0.15) is 25.4 Å². The van der Waals surface area contributed by atoms with Gasteiger partial charge in [0.05, 0.1) is 11.6 Å². The molecular weight excluding hydrogens is 364 g/mol. The van der Waals surface area contributed by atoms with Gasteiger partial charge in [-0.05, 0) is 36.4 Å². The summed E-state index contributed by atoms with van der Waals surface area (Å²) < 4.78 is 8.30. The van der Waals surface area contributed by atoms with Crippen molar-refractivity contribution < 1.29 is 14.3 Å². The maximum Gasteiger partial charge on any atom is 0.336 e. The van der Waals surface area contributed by atoms with E-state index in [0.29, 0.717) is 5.56 Å². The Kier molecular flexibility index (Phi) is 4.91. The average Bonchev–Trinajstić information content (AvgIpc) is 2.71. The van der Waals surface area contributed by atoms with Gasteiger partial charge >= 0.3 is 5.97 Å². The Hall–Kier alpha value is -3.44. The molecule has 29 heavy (non-hydrogen) atoms. The number of nitrogens with zero attached hydrogens (tertiary/aromatic N) is 1. The van der Waals surface area contributed by atoms with Crippen LogP contribution in [0.5, 0.6) is 0 Å². The van der Waals surface area contributed by atoms with Crippen LogP contribution in [-0.4, -0.2) is 32.2 Å². The lowest BCUT2D eigenvalue weighted by Gasteiger charge is -2.17. The second-order valence-electron chi connectivity index (χ2n) is 7.26. The number of rotatable bonds is 4. The van der Waals surface area contributed by atoms with E-state index < -0.39 is 5.97 Å². The number of benzene rings is 3. The van der Waals surface area contributed by atoms with E-state index in [2.05, 4.69) is 5.32 Å². The Balaban J connectivity index is 2.16. The molecule has 1 aliphatic heterocycles. The zero-order valence-electron chi connectivity index (χ0n) is 16.7. The molecule has 2 N–H and O–H groups in total. The monoisotopic (exact) mass is 387 g/mol. The van der Waals surface area contributed by atoms with Crippen LogP contribution < -0.4 is 15.2 Å². The lowest BCUT2D eigenvalue weighted by atomic mass is 9.90. The van der Waals surface area contributed by atoms with Crippen LogP contribution in [0.1, 0.15) is 15.9 Å². The zero-order valence-corrected chi connectivity index (χ0v) is 16.7. The van der Waals surface area contributed by atoms with E-state index in [9.17, 15) is 9.90 Å². The molecular formula is C24H23N2O3+. The van der Waals surface area contributed by atoms with Crippen molar-refractivity contribution >= 4 is 16.9 Å². The third-order valence-corrected chi connectivity index (χ3v) is 5.09. The van der Waals surface area contributed by atoms with Crippen molar-refractivity contribution in [2.75, 3.05) is 21.1 Å². The van der Waals surface area contributed by atoms with Crippen molar-refractivity contribution in [2.24, 2.45) is 0 Å². The minimum atomic E-state index is -0.945. The molecule has 0 saturated carbocycles. The summed E-state index contributed by atoms with van der Waals surface area (Å²) in [7, 11) is 5.86. The fourth-order valence-corrected chi connectivity index (χ4v) is 3.69. The van der Waals surface area contributed by atoms with Gasteiger partial charge in [-0.15, -0.1) is 0 Å². The molecule has 1 heterocycles.